The Bertz CT molecular complexity index is 3170. The highest BCUT2D eigenvalue weighted by Gasteiger charge is 2.21. The molecule has 0 amide bonds. The van der Waals surface area contributed by atoms with E-state index in [1.165, 1.54) is 36.3 Å². The van der Waals surface area contributed by atoms with Gasteiger partial charge in [-0.25, -0.2) is 15.0 Å². The SMILES string of the molecule is c1ccc2c(-c3nc(-c4ccc5c(c4)sc4ccccc45)nc(-c4cccc5oc6ccccc6c45)n3)c3ccc4ccccc4c3cc2c1. The molecule has 11 rings (SSSR count). The van der Waals surface area contributed by atoms with Gasteiger partial charge in [-0.1, -0.05) is 121 Å². The molecule has 0 aliphatic rings. The monoisotopic (exact) mass is 655 g/mol. The first-order valence-corrected chi connectivity index (χ1v) is 17.5. The van der Waals surface area contributed by atoms with Crippen LogP contribution in [0.5, 0.6) is 0 Å². The summed E-state index contributed by atoms with van der Waals surface area (Å²) >= 11 is 1.80. The fourth-order valence-electron chi connectivity index (χ4n) is 7.62. The Labute approximate surface area is 289 Å². The van der Waals surface area contributed by atoms with Gasteiger partial charge in [0.05, 0.1) is 0 Å². The summed E-state index contributed by atoms with van der Waals surface area (Å²) < 4.78 is 8.78. The molecule has 0 spiro atoms. The zero-order chi connectivity index (χ0) is 32.8. The van der Waals surface area contributed by atoms with Crippen LogP contribution in [0, 0.1) is 0 Å². The zero-order valence-electron chi connectivity index (χ0n) is 26.6. The van der Waals surface area contributed by atoms with E-state index in [-0.39, 0.29) is 0 Å². The molecule has 8 aromatic carbocycles. The molecule has 0 unspecified atom stereocenters. The molecule has 5 heteroatoms. The van der Waals surface area contributed by atoms with Crippen molar-refractivity contribution in [3.63, 3.8) is 0 Å². The summed E-state index contributed by atoms with van der Waals surface area (Å²) in [6, 6.07) is 53.3. The minimum absolute atomic E-state index is 0.612. The molecule has 0 aliphatic carbocycles. The Morgan fingerprint density at radius 2 is 1.08 bits per heavy atom. The van der Waals surface area contributed by atoms with Gasteiger partial charge in [-0.2, -0.15) is 0 Å². The van der Waals surface area contributed by atoms with Gasteiger partial charge >= 0.3 is 0 Å². The average Bonchev–Trinajstić information content (AvgIpc) is 3.75. The second-order valence-corrected chi connectivity index (χ2v) is 13.8. The molecule has 11 aromatic rings. The van der Waals surface area contributed by atoms with E-state index in [4.69, 9.17) is 19.4 Å². The minimum atomic E-state index is 0.612. The van der Waals surface area contributed by atoms with Crippen molar-refractivity contribution < 1.29 is 4.42 Å². The number of fused-ring (bicyclic) bond motifs is 10. The Hall–Kier alpha value is -6.43. The lowest BCUT2D eigenvalue weighted by molar-refractivity contribution is 0.669. The van der Waals surface area contributed by atoms with Gasteiger partial charge in [-0.05, 0) is 62.6 Å². The second-order valence-electron chi connectivity index (χ2n) is 12.7. The largest absolute Gasteiger partial charge is 0.456 e. The molecule has 0 fully saturated rings. The van der Waals surface area contributed by atoms with Crippen LogP contribution in [0.25, 0.3) is 109 Å². The van der Waals surface area contributed by atoms with Gasteiger partial charge in [0.1, 0.15) is 11.2 Å². The maximum absolute atomic E-state index is 6.31. The lowest BCUT2D eigenvalue weighted by Gasteiger charge is -2.15. The summed E-state index contributed by atoms with van der Waals surface area (Å²) in [6.07, 6.45) is 0. The fraction of sp³-hybridized carbons (Fsp3) is 0. The summed E-state index contributed by atoms with van der Waals surface area (Å²) in [5.41, 5.74) is 4.51. The molecule has 3 aromatic heterocycles. The molecule has 0 saturated heterocycles. The number of para-hydroxylation sites is 1. The van der Waals surface area contributed by atoms with Crippen molar-refractivity contribution in [3.8, 4) is 34.2 Å². The zero-order valence-corrected chi connectivity index (χ0v) is 27.4. The van der Waals surface area contributed by atoms with Crippen LogP contribution in [0.1, 0.15) is 0 Å². The van der Waals surface area contributed by atoms with Gasteiger partial charge < -0.3 is 4.42 Å². The van der Waals surface area contributed by atoms with E-state index in [9.17, 15) is 0 Å². The molecule has 3 heterocycles. The minimum Gasteiger partial charge on any atom is -0.456 e. The summed E-state index contributed by atoms with van der Waals surface area (Å²) in [6.45, 7) is 0. The van der Waals surface area contributed by atoms with Gasteiger partial charge in [-0.3, -0.25) is 0 Å². The average molecular weight is 656 g/mol. The van der Waals surface area contributed by atoms with Crippen LogP contribution >= 0.6 is 11.3 Å². The molecule has 232 valence electrons. The number of aromatic nitrogens is 3. The number of nitrogens with zero attached hydrogens (tertiary/aromatic N) is 3. The maximum atomic E-state index is 6.31. The maximum Gasteiger partial charge on any atom is 0.165 e. The molecule has 0 radical (unpaired) electrons. The van der Waals surface area contributed by atoms with Gasteiger partial charge in [0.25, 0.3) is 0 Å². The van der Waals surface area contributed by atoms with Gasteiger partial charge in [0.2, 0.25) is 0 Å². The molecule has 0 saturated carbocycles. The standard InChI is InChI=1S/C45H25N3OS/c1-3-12-29-26(10-1)20-23-33-36(29)24-27-11-2-4-13-30(27)42(33)45-47-43(28-21-22-32-31-14-6-8-19-39(31)50-40(32)25-28)46-44(48-45)35-16-9-18-38-41(35)34-15-5-7-17-37(34)49-38/h1-25H. The molecule has 0 N–H and O–H groups in total. The number of hydrogen-bond donors (Lipinski definition) is 0. The summed E-state index contributed by atoms with van der Waals surface area (Å²) in [4.78, 5) is 15.9. The third kappa shape index (κ3) is 4.08. The number of furan rings is 1. The first kappa shape index (κ1) is 27.5. The first-order valence-electron chi connectivity index (χ1n) is 16.7. The molecule has 0 bridgehead atoms. The molecular formula is C45H25N3OS. The second kappa shape index (κ2) is 10.5. The van der Waals surface area contributed by atoms with Crippen LogP contribution in [-0.4, -0.2) is 15.0 Å². The Kier molecular flexibility index (Phi) is 5.80. The number of rotatable bonds is 3. The summed E-state index contributed by atoms with van der Waals surface area (Å²) in [5.74, 6) is 1.89. The van der Waals surface area contributed by atoms with E-state index in [2.05, 4.69) is 121 Å². The summed E-state index contributed by atoms with van der Waals surface area (Å²) in [5, 5.41) is 11.5. The van der Waals surface area contributed by atoms with Crippen molar-refractivity contribution in [3.05, 3.63) is 152 Å². The smallest absolute Gasteiger partial charge is 0.165 e. The fourth-order valence-corrected chi connectivity index (χ4v) is 8.77. The molecule has 50 heavy (non-hydrogen) atoms. The normalized spacial score (nSPS) is 12.0. The van der Waals surface area contributed by atoms with Crippen molar-refractivity contribution in [2.75, 3.05) is 0 Å². The number of benzene rings is 8. The van der Waals surface area contributed by atoms with Crippen molar-refractivity contribution in [1.82, 2.24) is 15.0 Å². The lowest BCUT2D eigenvalue weighted by Crippen LogP contribution is -2.01. The first-order chi connectivity index (χ1) is 24.8. The third-order valence-corrected chi connectivity index (χ3v) is 11.0. The van der Waals surface area contributed by atoms with Gasteiger partial charge in [0, 0.05) is 47.6 Å². The Balaban J connectivity index is 1.25. The Morgan fingerprint density at radius 3 is 2.00 bits per heavy atom. The highest BCUT2D eigenvalue weighted by Crippen LogP contribution is 2.42. The van der Waals surface area contributed by atoms with E-state index in [0.29, 0.717) is 17.5 Å². The van der Waals surface area contributed by atoms with Gasteiger partial charge in [0.15, 0.2) is 17.5 Å². The quantitative estimate of drug-likeness (QED) is 0.140. The van der Waals surface area contributed by atoms with Crippen LogP contribution in [0.4, 0.5) is 0 Å². The van der Waals surface area contributed by atoms with Gasteiger partial charge in [-0.15, -0.1) is 11.3 Å². The molecule has 0 atom stereocenters. The molecule has 0 aliphatic heterocycles. The Morgan fingerprint density at radius 1 is 0.400 bits per heavy atom. The van der Waals surface area contributed by atoms with E-state index in [1.54, 1.807) is 11.3 Å². The van der Waals surface area contributed by atoms with Crippen molar-refractivity contribution in [2.45, 2.75) is 0 Å². The van der Waals surface area contributed by atoms with E-state index in [1.807, 2.05) is 30.3 Å². The highest BCUT2D eigenvalue weighted by atomic mass is 32.1. The van der Waals surface area contributed by atoms with Crippen molar-refractivity contribution in [2.24, 2.45) is 0 Å². The molecule has 4 nitrogen and oxygen atoms in total. The van der Waals surface area contributed by atoms with Crippen LogP contribution in [0.2, 0.25) is 0 Å². The summed E-state index contributed by atoms with van der Waals surface area (Å²) in [7, 11) is 0. The van der Waals surface area contributed by atoms with Crippen molar-refractivity contribution >= 4 is 85.8 Å². The predicted octanol–water partition coefficient (Wildman–Crippen LogP) is 12.6. The lowest BCUT2D eigenvalue weighted by atomic mass is 9.93. The van der Waals surface area contributed by atoms with E-state index in [0.717, 1.165) is 54.8 Å². The predicted molar refractivity (Wildman–Crippen MR) is 209 cm³/mol. The topological polar surface area (TPSA) is 51.8 Å². The molecular weight excluding hydrogens is 631 g/mol. The van der Waals surface area contributed by atoms with E-state index >= 15 is 0 Å². The van der Waals surface area contributed by atoms with Crippen LogP contribution < -0.4 is 0 Å². The number of hydrogen-bond acceptors (Lipinski definition) is 5. The van der Waals surface area contributed by atoms with Crippen LogP contribution in [0.3, 0.4) is 0 Å². The van der Waals surface area contributed by atoms with Crippen LogP contribution in [0.15, 0.2) is 156 Å². The number of thiophene rings is 1. The highest BCUT2D eigenvalue weighted by molar-refractivity contribution is 7.25. The van der Waals surface area contributed by atoms with E-state index < -0.39 is 0 Å². The van der Waals surface area contributed by atoms with Crippen LogP contribution in [-0.2, 0) is 0 Å². The third-order valence-electron chi connectivity index (χ3n) is 9.91. The van der Waals surface area contributed by atoms with Crippen molar-refractivity contribution in [1.29, 1.82) is 0 Å².